The van der Waals surface area contributed by atoms with E-state index >= 15 is 0 Å². The van der Waals surface area contributed by atoms with Crippen LogP contribution in [-0.4, -0.2) is 17.0 Å². The zero-order valence-electron chi connectivity index (χ0n) is 15.2. The number of carboxylic acid groups (broad SMARTS) is 1. The van der Waals surface area contributed by atoms with Gasteiger partial charge in [-0.3, -0.25) is 9.59 Å². The average molecular weight is 376 g/mol. The maximum absolute atomic E-state index is 12.3. The Morgan fingerprint density at radius 2 is 1.29 bits per heavy atom. The molecule has 0 aromatic heterocycles. The summed E-state index contributed by atoms with van der Waals surface area (Å²) in [5.74, 6) is -2.84. The van der Waals surface area contributed by atoms with Gasteiger partial charge in [0.1, 0.15) is 19.0 Å². The zero-order valence-corrected chi connectivity index (χ0v) is 15.2. The molecule has 3 aromatic rings. The van der Waals surface area contributed by atoms with E-state index in [9.17, 15) is 14.7 Å². The lowest BCUT2D eigenvalue weighted by molar-refractivity contribution is -0.155. The van der Waals surface area contributed by atoms with Crippen molar-refractivity contribution in [2.24, 2.45) is 0 Å². The summed E-state index contributed by atoms with van der Waals surface area (Å²) in [5.41, 5.74) is 2.17. The van der Waals surface area contributed by atoms with Gasteiger partial charge in [-0.1, -0.05) is 72.8 Å². The summed E-state index contributed by atoms with van der Waals surface area (Å²) in [6.45, 7) is 0.434. The molecule has 1 atom stereocenters. The molecule has 0 aliphatic carbocycles. The number of carboxylic acids is 1. The maximum atomic E-state index is 12.3. The van der Waals surface area contributed by atoms with Crippen molar-refractivity contribution in [1.82, 2.24) is 0 Å². The minimum absolute atomic E-state index is 0.0295. The van der Waals surface area contributed by atoms with Crippen molar-refractivity contribution < 1.29 is 24.2 Å². The predicted molar refractivity (Wildman–Crippen MR) is 104 cm³/mol. The molecule has 28 heavy (non-hydrogen) atoms. The van der Waals surface area contributed by atoms with Crippen LogP contribution in [0.15, 0.2) is 84.9 Å². The molecular formula is C23H20O5. The van der Waals surface area contributed by atoms with Crippen molar-refractivity contribution in [3.63, 3.8) is 0 Å². The summed E-state index contributed by atoms with van der Waals surface area (Å²) in [6.07, 6.45) is 0. The number of aliphatic carboxylic acids is 1. The van der Waals surface area contributed by atoms with Crippen LogP contribution in [0.4, 0.5) is 0 Å². The van der Waals surface area contributed by atoms with Crippen LogP contribution in [0.3, 0.4) is 0 Å². The summed E-state index contributed by atoms with van der Waals surface area (Å²) in [5, 5.41) is 9.48. The molecule has 0 heterocycles. The van der Waals surface area contributed by atoms with Gasteiger partial charge < -0.3 is 14.6 Å². The molecule has 1 unspecified atom stereocenters. The molecule has 0 aliphatic heterocycles. The second kappa shape index (κ2) is 9.37. The first-order valence-corrected chi connectivity index (χ1v) is 8.83. The number of rotatable bonds is 8. The Labute approximate surface area is 163 Å². The van der Waals surface area contributed by atoms with Crippen LogP contribution in [0, 0.1) is 0 Å². The van der Waals surface area contributed by atoms with E-state index in [1.807, 2.05) is 60.7 Å². The van der Waals surface area contributed by atoms with Gasteiger partial charge in [0.05, 0.1) is 0 Å². The Hall–Kier alpha value is -3.60. The first-order valence-electron chi connectivity index (χ1n) is 8.83. The number of hydrogen-bond acceptors (Lipinski definition) is 4. The summed E-state index contributed by atoms with van der Waals surface area (Å²) in [6, 6.07) is 25.3. The van der Waals surface area contributed by atoms with Gasteiger partial charge in [-0.05, 0) is 28.8 Å². The minimum Gasteiger partial charge on any atom is -0.489 e. The standard InChI is InChI=1S/C23H20O5/c24-22(25)21(23(26)28-16-18-9-5-2-6-10-18)19-11-13-20(14-12-19)27-15-17-7-3-1-4-8-17/h1-14,21H,15-16H2,(H,24,25). The van der Waals surface area contributed by atoms with Crippen molar-refractivity contribution in [1.29, 1.82) is 0 Å². The van der Waals surface area contributed by atoms with Crippen molar-refractivity contribution >= 4 is 11.9 Å². The highest BCUT2D eigenvalue weighted by atomic mass is 16.5. The third-order valence-corrected chi connectivity index (χ3v) is 4.17. The quantitative estimate of drug-likeness (QED) is 0.472. The third kappa shape index (κ3) is 5.20. The van der Waals surface area contributed by atoms with E-state index in [1.165, 1.54) is 0 Å². The number of esters is 1. The Morgan fingerprint density at radius 1 is 0.750 bits per heavy atom. The topological polar surface area (TPSA) is 72.8 Å². The lowest BCUT2D eigenvalue weighted by atomic mass is 9.99. The Bertz CT molecular complexity index is 905. The zero-order chi connectivity index (χ0) is 19.8. The Kier molecular flexibility index (Phi) is 6.41. The lowest BCUT2D eigenvalue weighted by Gasteiger charge is -2.13. The molecule has 3 rings (SSSR count). The number of benzene rings is 3. The molecule has 142 valence electrons. The van der Waals surface area contributed by atoms with Crippen LogP contribution in [0.5, 0.6) is 5.75 Å². The van der Waals surface area contributed by atoms with E-state index in [2.05, 4.69) is 0 Å². The molecule has 1 N–H and O–H groups in total. The van der Waals surface area contributed by atoms with Crippen molar-refractivity contribution in [2.45, 2.75) is 19.1 Å². The highest BCUT2D eigenvalue weighted by molar-refractivity contribution is 5.99. The molecule has 5 heteroatoms. The molecule has 0 fully saturated rings. The fraction of sp³-hybridized carbons (Fsp3) is 0.130. The Balaban J connectivity index is 1.63. The van der Waals surface area contributed by atoms with E-state index in [1.54, 1.807) is 24.3 Å². The van der Waals surface area contributed by atoms with Gasteiger partial charge in [-0.15, -0.1) is 0 Å². The fourth-order valence-corrected chi connectivity index (χ4v) is 2.69. The molecule has 0 saturated heterocycles. The Morgan fingerprint density at radius 3 is 1.82 bits per heavy atom. The van der Waals surface area contributed by atoms with Crippen molar-refractivity contribution in [2.75, 3.05) is 0 Å². The molecule has 0 radical (unpaired) electrons. The monoisotopic (exact) mass is 376 g/mol. The normalized spacial score (nSPS) is 11.4. The molecular weight excluding hydrogens is 356 g/mol. The first-order chi connectivity index (χ1) is 13.6. The summed E-state index contributed by atoms with van der Waals surface area (Å²) in [4.78, 5) is 23.9. The average Bonchev–Trinajstić information content (AvgIpc) is 2.73. The van der Waals surface area contributed by atoms with E-state index in [4.69, 9.17) is 9.47 Å². The second-order valence-electron chi connectivity index (χ2n) is 6.21. The van der Waals surface area contributed by atoms with Gasteiger partial charge in [0, 0.05) is 0 Å². The smallest absolute Gasteiger partial charge is 0.325 e. The predicted octanol–water partition coefficient (Wildman–Crippen LogP) is 4.18. The van der Waals surface area contributed by atoms with Crippen LogP contribution in [0.2, 0.25) is 0 Å². The molecule has 0 amide bonds. The van der Waals surface area contributed by atoms with Gasteiger partial charge in [-0.2, -0.15) is 0 Å². The van der Waals surface area contributed by atoms with E-state index in [0.717, 1.165) is 11.1 Å². The van der Waals surface area contributed by atoms with E-state index < -0.39 is 17.9 Å². The molecule has 0 spiro atoms. The number of carbonyl (C=O) groups excluding carboxylic acids is 1. The van der Waals surface area contributed by atoms with Crippen LogP contribution in [0.25, 0.3) is 0 Å². The fourth-order valence-electron chi connectivity index (χ4n) is 2.69. The minimum atomic E-state index is -1.38. The molecule has 0 saturated carbocycles. The third-order valence-electron chi connectivity index (χ3n) is 4.17. The summed E-state index contributed by atoms with van der Waals surface area (Å²) >= 11 is 0. The van der Waals surface area contributed by atoms with Gasteiger partial charge >= 0.3 is 11.9 Å². The second-order valence-corrected chi connectivity index (χ2v) is 6.21. The highest BCUT2D eigenvalue weighted by Crippen LogP contribution is 2.22. The van der Waals surface area contributed by atoms with Crippen molar-refractivity contribution in [3.8, 4) is 5.75 Å². The van der Waals surface area contributed by atoms with Crippen LogP contribution in [-0.2, 0) is 27.5 Å². The largest absolute Gasteiger partial charge is 0.489 e. The van der Waals surface area contributed by atoms with Crippen LogP contribution in [0.1, 0.15) is 22.6 Å². The summed E-state index contributed by atoms with van der Waals surface area (Å²) in [7, 11) is 0. The van der Waals surface area contributed by atoms with Crippen LogP contribution >= 0.6 is 0 Å². The van der Waals surface area contributed by atoms with Crippen LogP contribution < -0.4 is 4.74 Å². The van der Waals surface area contributed by atoms with Gasteiger partial charge in [0.25, 0.3) is 0 Å². The van der Waals surface area contributed by atoms with Gasteiger partial charge in [-0.25, -0.2) is 0 Å². The number of carbonyl (C=O) groups is 2. The first kappa shape index (κ1) is 19.2. The number of ether oxygens (including phenoxy) is 2. The maximum Gasteiger partial charge on any atom is 0.325 e. The highest BCUT2D eigenvalue weighted by Gasteiger charge is 2.30. The van der Waals surface area contributed by atoms with Gasteiger partial charge in [0.2, 0.25) is 0 Å². The summed E-state index contributed by atoms with van der Waals surface area (Å²) < 4.78 is 10.9. The van der Waals surface area contributed by atoms with Gasteiger partial charge in [0.15, 0.2) is 5.92 Å². The van der Waals surface area contributed by atoms with E-state index in [-0.39, 0.29) is 6.61 Å². The molecule has 5 nitrogen and oxygen atoms in total. The molecule has 0 bridgehead atoms. The number of hydrogen-bond donors (Lipinski definition) is 1. The van der Waals surface area contributed by atoms with Crippen molar-refractivity contribution in [3.05, 3.63) is 102 Å². The lowest BCUT2D eigenvalue weighted by Crippen LogP contribution is -2.23. The molecule has 0 aliphatic rings. The molecule has 3 aromatic carbocycles. The van der Waals surface area contributed by atoms with E-state index in [0.29, 0.717) is 17.9 Å². The SMILES string of the molecule is O=C(O)C(C(=O)OCc1ccccc1)c1ccc(OCc2ccccc2)cc1.